The van der Waals surface area contributed by atoms with Gasteiger partial charge in [0.15, 0.2) is 0 Å². The number of ether oxygens (including phenoxy) is 2. The molecule has 0 aromatic heterocycles. The molecule has 0 spiro atoms. The van der Waals surface area contributed by atoms with E-state index in [1.165, 1.54) is 35.0 Å². The third-order valence-electron chi connectivity index (χ3n) is 8.23. The van der Waals surface area contributed by atoms with Crippen LogP contribution in [0.3, 0.4) is 0 Å². The van der Waals surface area contributed by atoms with Crippen LogP contribution in [0.4, 0.5) is 42.5 Å². The van der Waals surface area contributed by atoms with E-state index >= 15 is 0 Å². The highest BCUT2D eigenvalue weighted by Crippen LogP contribution is 2.31. The molecule has 0 saturated carbocycles. The molecule has 0 saturated heterocycles. The lowest BCUT2D eigenvalue weighted by Crippen LogP contribution is -2.48. The summed E-state index contributed by atoms with van der Waals surface area (Å²) < 4.78 is 89.2. The normalized spacial score (nSPS) is 20.2. The van der Waals surface area contributed by atoms with Crippen LogP contribution in [0.25, 0.3) is 0 Å². The summed E-state index contributed by atoms with van der Waals surface area (Å²) in [5, 5.41) is 15.1. The molecule has 3 N–H and O–H groups in total. The molecule has 1 aliphatic rings. The average Bonchev–Trinajstić information content (AvgIpc) is 3.04. The predicted molar refractivity (Wildman–Crippen MR) is 174 cm³/mol. The van der Waals surface area contributed by atoms with E-state index in [-0.39, 0.29) is 41.9 Å². The predicted octanol–water partition coefficient (Wildman–Crippen LogP) is 6.95. The highest BCUT2D eigenvalue weighted by molar-refractivity contribution is 5.99. The van der Waals surface area contributed by atoms with Crippen molar-refractivity contribution in [2.24, 2.45) is 5.92 Å². The maximum absolute atomic E-state index is 14.2. The lowest BCUT2D eigenvalue weighted by Gasteiger charge is -2.35. The Labute approximate surface area is 287 Å². The number of likely N-dealkylation sites (N-methyl/N-ethyl adjacent to an activating group) is 1. The van der Waals surface area contributed by atoms with E-state index in [9.17, 15) is 45.8 Å². The number of hydrogen-bond acceptors (Lipinski definition) is 6. The fourth-order valence-electron chi connectivity index (χ4n) is 5.26. The highest BCUT2D eigenvalue weighted by Gasteiger charge is 2.33. The van der Waals surface area contributed by atoms with Gasteiger partial charge in [-0.15, -0.1) is 0 Å². The van der Waals surface area contributed by atoms with Crippen LogP contribution in [0.1, 0.15) is 68.8 Å². The van der Waals surface area contributed by atoms with Crippen LogP contribution in [0.15, 0.2) is 42.5 Å². The number of nitrogens with zero attached hydrogens (tertiary/aromatic N) is 2. The first-order valence-electron chi connectivity index (χ1n) is 16.3. The number of nitrogens with one attached hydrogen (secondary N) is 2. The van der Waals surface area contributed by atoms with Gasteiger partial charge in [-0.2, -0.15) is 26.3 Å². The Morgan fingerprint density at radius 2 is 1.68 bits per heavy atom. The first-order chi connectivity index (χ1) is 23.4. The summed E-state index contributed by atoms with van der Waals surface area (Å²) in [6.07, 6.45) is -10.2. The molecule has 50 heavy (non-hydrogen) atoms. The van der Waals surface area contributed by atoms with Crippen LogP contribution >= 0.6 is 0 Å². The minimum atomic E-state index is -4.52. The third-order valence-corrected chi connectivity index (χ3v) is 8.23. The SMILES string of the molecule is C[C@H]1CCCCO[C@H](CN(C)C(=O)Nc2ccc(C(F)(F)F)cc2)[C@@H](C)CN([C@@H](C)CO)C(=O)c2cc(NC(=O)CCC(F)(F)F)ccc2O1. The van der Waals surface area contributed by atoms with E-state index in [2.05, 4.69) is 10.6 Å². The minimum Gasteiger partial charge on any atom is -0.490 e. The molecule has 16 heteroatoms. The Kier molecular flexibility index (Phi) is 14.3. The Morgan fingerprint density at radius 1 is 1.02 bits per heavy atom. The van der Waals surface area contributed by atoms with Gasteiger partial charge in [-0.25, -0.2) is 4.79 Å². The molecule has 4 atom stereocenters. The number of carbonyl (C=O) groups excluding carboxylic acids is 3. The largest absolute Gasteiger partial charge is 0.490 e. The van der Waals surface area contributed by atoms with Crippen molar-refractivity contribution in [3.8, 4) is 5.75 Å². The molecular weight excluding hydrogens is 674 g/mol. The standard InChI is InChI=1S/C34H44F6N4O6/c1-21-18-44(22(2)20-45)31(47)27-17-26(41-30(46)14-15-33(35,36)37)12-13-28(27)50-23(3)7-5-6-16-49-29(21)19-43(4)32(48)42-25-10-8-24(9-11-25)34(38,39)40/h8-13,17,21-23,29,45H,5-7,14-16,18-20H2,1-4H3,(H,41,46)(H,42,48)/t21-,22-,23-,29+/m0/s1. The van der Waals surface area contributed by atoms with Crippen molar-refractivity contribution < 1.29 is 55.3 Å². The van der Waals surface area contributed by atoms with Gasteiger partial charge in [0, 0.05) is 50.5 Å². The molecule has 1 heterocycles. The quantitative estimate of drug-likeness (QED) is 0.255. The lowest BCUT2D eigenvalue weighted by atomic mass is 10.0. The van der Waals surface area contributed by atoms with Crippen molar-refractivity contribution in [3.05, 3.63) is 53.6 Å². The minimum absolute atomic E-state index is 0.0283. The number of fused-ring (bicyclic) bond motifs is 1. The number of rotatable bonds is 8. The van der Waals surface area contributed by atoms with Crippen molar-refractivity contribution in [2.75, 3.05) is 44.0 Å². The molecule has 1 aliphatic heterocycles. The summed E-state index contributed by atoms with van der Waals surface area (Å²) in [7, 11) is 1.50. The summed E-state index contributed by atoms with van der Waals surface area (Å²) in [5.74, 6) is -1.68. The van der Waals surface area contributed by atoms with Crippen LogP contribution in [-0.4, -0.2) is 90.5 Å². The van der Waals surface area contributed by atoms with Crippen molar-refractivity contribution >= 4 is 29.2 Å². The van der Waals surface area contributed by atoms with Crippen LogP contribution < -0.4 is 15.4 Å². The molecule has 4 amide bonds. The maximum atomic E-state index is 14.2. The number of aliphatic hydroxyl groups is 1. The fraction of sp³-hybridized carbons (Fsp3) is 0.559. The number of halogens is 6. The van der Waals surface area contributed by atoms with E-state index < -0.39 is 73.3 Å². The second kappa shape index (κ2) is 17.7. The Morgan fingerprint density at radius 3 is 2.30 bits per heavy atom. The smallest absolute Gasteiger partial charge is 0.416 e. The van der Waals surface area contributed by atoms with E-state index in [4.69, 9.17) is 9.47 Å². The lowest BCUT2D eigenvalue weighted by molar-refractivity contribution is -0.142. The molecule has 0 bridgehead atoms. The summed E-state index contributed by atoms with van der Waals surface area (Å²) in [6.45, 7) is 5.24. The number of carbonyl (C=O) groups is 3. The average molecular weight is 719 g/mol. The summed E-state index contributed by atoms with van der Waals surface area (Å²) >= 11 is 0. The second-order valence-corrected chi connectivity index (χ2v) is 12.6. The number of amides is 4. The van der Waals surface area contributed by atoms with Gasteiger partial charge in [0.25, 0.3) is 5.91 Å². The maximum Gasteiger partial charge on any atom is 0.416 e. The molecule has 0 unspecified atom stereocenters. The van der Waals surface area contributed by atoms with Gasteiger partial charge in [0.1, 0.15) is 5.75 Å². The zero-order valence-corrected chi connectivity index (χ0v) is 28.4. The number of anilines is 2. The molecule has 0 aliphatic carbocycles. The number of alkyl halides is 6. The molecule has 3 rings (SSSR count). The van der Waals surface area contributed by atoms with Crippen molar-refractivity contribution in [1.82, 2.24) is 9.80 Å². The molecule has 2 aromatic carbocycles. The van der Waals surface area contributed by atoms with Gasteiger partial charge in [-0.3, -0.25) is 9.59 Å². The number of urea groups is 1. The van der Waals surface area contributed by atoms with Crippen LogP contribution in [0.2, 0.25) is 0 Å². The molecule has 278 valence electrons. The van der Waals surface area contributed by atoms with Gasteiger partial charge >= 0.3 is 18.4 Å². The van der Waals surface area contributed by atoms with Gasteiger partial charge in [-0.05, 0) is 75.6 Å². The first kappa shape index (κ1) is 40.4. The van der Waals surface area contributed by atoms with E-state index in [1.807, 2.05) is 6.92 Å². The van der Waals surface area contributed by atoms with Crippen molar-refractivity contribution in [2.45, 2.75) is 83.5 Å². The van der Waals surface area contributed by atoms with Crippen LogP contribution in [-0.2, 0) is 15.7 Å². The highest BCUT2D eigenvalue weighted by atomic mass is 19.4. The zero-order valence-electron chi connectivity index (χ0n) is 28.4. The molecule has 2 aromatic rings. The molecule has 10 nitrogen and oxygen atoms in total. The summed E-state index contributed by atoms with van der Waals surface area (Å²) in [4.78, 5) is 42.2. The molecule has 0 fully saturated rings. The number of aliphatic hydroxyl groups excluding tert-OH is 1. The van der Waals surface area contributed by atoms with E-state index in [1.54, 1.807) is 13.8 Å². The fourth-order valence-corrected chi connectivity index (χ4v) is 5.26. The summed E-state index contributed by atoms with van der Waals surface area (Å²) in [5.41, 5.74) is -0.574. The first-order valence-corrected chi connectivity index (χ1v) is 16.3. The van der Waals surface area contributed by atoms with Crippen molar-refractivity contribution in [3.63, 3.8) is 0 Å². The Hall–Kier alpha value is -4.05. The molecule has 0 radical (unpaired) electrons. The Balaban J connectivity index is 1.85. The molecular formula is C34H44F6N4O6. The van der Waals surface area contributed by atoms with Gasteiger partial charge in [0.2, 0.25) is 5.91 Å². The van der Waals surface area contributed by atoms with Crippen LogP contribution in [0.5, 0.6) is 5.75 Å². The van der Waals surface area contributed by atoms with E-state index in [0.29, 0.717) is 25.9 Å². The van der Waals surface area contributed by atoms with Gasteiger partial charge in [0.05, 0.1) is 42.4 Å². The van der Waals surface area contributed by atoms with E-state index in [0.717, 1.165) is 24.3 Å². The van der Waals surface area contributed by atoms with Gasteiger partial charge in [-0.1, -0.05) is 6.92 Å². The monoisotopic (exact) mass is 718 g/mol. The Bertz CT molecular complexity index is 1440. The number of benzene rings is 2. The zero-order chi connectivity index (χ0) is 37.2. The topological polar surface area (TPSA) is 120 Å². The van der Waals surface area contributed by atoms with Crippen molar-refractivity contribution in [1.29, 1.82) is 0 Å². The number of hydrogen-bond donors (Lipinski definition) is 3. The third kappa shape index (κ3) is 12.4. The second-order valence-electron chi connectivity index (χ2n) is 12.6. The van der Waals surface area contributed by atoms with Crippen LogP contribution in [0, 0.1) is 5.92 Å². The summed E-state index contributed by atoms with van der Waals surface area (Å²) in [6, 6.07) is 6.95. The van der Waals surface area contributed by atoms with Gasteiger partial charge < -0.3 is 35.0 Å².